The molecule has 3 aromatic carbocycles. The van der Waals surface area contributed by atoms with E-state index in [0.29, 0.717) is 13.2 Å². The number of hydrogen-bond donors (Lipinski definition) is 2. The van der Waals surface area contributed by atoms with Crippen molar-refractivity contribution in [2.45, 2.75) is 13.2 Å². The van der Waals surface area contributed by atoms with Crippen LogP contribution in [0.4, 0.5) is 11.8 Å². The Morgan fingerprint density at radius 3 is 2.72 bits per heavy atom. The zero-order valence-electron chi connectivity index (χ0n) is 21.8. The van der Waals surface area contributed by atoms with Crippen LogP contribution in [0.2, 0.25) is 0 Å². The maximum absolute atomic E-state index is 6.10. The molecule has 10 heteroatoms. The molecule has 0 saturated carbocycles. The zero-order chi connectivity index (χ0) is 26.8. The Labute approximate surface area is 231 Å². The second kappa shape index (κ2) is 10.8. The number of nitrogens with zero attached hydrogens (tertiary/aromatic N) is 6. The van der Waals surface area contributed by atoms with E-state index in [4.69, 9.17) is 10.5 Å². The van der Waals surface area contributed by atoms with Gasteiger partial charge in [-0.3, -0.25) is 0 Å². The molecule has 3 heterocycles. The van der Waals surface area contributed by atoms with Crippen LogP contribution in [0.15, 0.2) is 67.2 Å². The maximum Gasteiger partial charge on any atom is 0.222 e. The molecule has 6 rings (SSSR count). The van der Waals surface area contributed by atoms with E-state index in [-0.39, 0.29) is 5.95 Å². The standard InChI is InChI=1S/C29H30N8OS/c1-19(21-9-10-24-26(16-21)32-29(30)33-28(24)37-13-11-36(2)12-14-37)31-17-20-5-3-7-23(15-20)38-18-22-6-4-8-25-27(22)35-39-34-25/h3-10,15-16,31H,1,11-14,17-18H2,2H3,(H2,30,32,33). The molecule has 1 saturated heterocycles. The number of ether oxygens (including phenoxy) is 1. The third kappa shape index (κ3) is 5.47. The van der Waals surface area contributed by atoms with Crippen molar-refractivity contribution >= 4 is 51.1 Å². The number of nitrogens with two attached hydrogens (primary N) is 1. The number of piperazine rings is 1. The summed E-state index contributed by atoms with van der Waals surface area (Å²) in [6.07, 6.45) is 0. The average Bonchev–Trinajstić information content (AvgIpc) is 3.44. The molecule has 0 unspecified atom stereocenters. The lowest BCUT2D eigenvalue weighted by Gasteiger charge is -2.33. The normalized spacial score (nSPS) is 14.1. The summed E-state index contributed by atoms with van der Waals surface area (Å²) in [7, 11) is 2.14. The SMILES string of the molecule is C=C(NCc1cccc(OCc2cccc3nsnc23)c1)c1ccc2c(N3CCN(C)CC3)nc(N)nc2c1. The van der Waals surface area contributed by atoms with Gasteiger partial charge in [-0.15, -0.1) is 0 Å². The Balaban J connectivity index is 1.12. The second-order valence-electron chi connectivity index (χ2n) is 9.74. The molecule has 1 fully saturated rings. The number of aromatic nitrogens is 4. The Hall–Kier alpha value is -4.28. The van der Waals surface area contributed by atoms with Gasteiger partial charge in [0.25, 0.3) is 0 Å². The lowest BCUT2D eigenvalue weighted by atomic mass is 10.1. The summed E-state index contributed by atoms with van der Waals surface area (Å²) >= 11 is 1.22. The van der Waals surface area contributed by atoms with Crippen LogP contribution in [0.3, 0.4) is 0 Å². The number of hydrogen-bond acceptors (Lipinski definition) is 10. The van der Waals surface area contributed by atoms with Crippen molar-refractivity contribution in [1.82, 2.24) is 28.9 Å². The fourth-order valence-corrected chi connectivity index (χ4v) is 5.34. The summed E-state index contributed by atoms with van der Waals surface area (Å²) in [5.74, 6) is 1.98. The molecule has 0 aliphatic carbocycles. The number of nitrogen functional groups attached to an aromatic ring is 1. The van der Waals surface area contributed by atoms with E-state index in [1.54, 1.807) is 0 Å². The first-order chi connectivity index (χ1) is 19.0. The summed E-state index contributed by atoms with van der Waals surface area (Å²) in [6, 6.07) is 20.2. The number of rotatable bonds is 8. The van der Waals surface area contributed by atoms with Gasteiger partial charge in [0, 0.05) is 49.4 Å². The van der Waals surface area contributed by atoms with Crippen LogP contribution >= 0.6 is 11.7 Å². The smallest absolute Gasteiger partial charge is 0.222 e. The molecule has 5 aromatic rings. The molecule has 2 aromatic heterocycles. The van der Waals surface area contributed by atoms with Crippen LogP contribution in [0.25, 0.3) is 27.6 Å². The molecule has 198 valence electrons. The number of benzene rings is 3. The first kappa shape index (κ1) is 25.0. The van der Waals surface area contributed by atoms with E-state index in [1.807, 2.05) is 42.5 Å². The average molecular weight is 539 g/mol. The van der Waals surface area contributed by atoms with Crippen LogP contribution in [-0.4, -0.2) is 56.8 Å². The van der Waals surface area contributed by atoms with Gasteiger partial charge in [0.05, 0.1) is 17.2 Å². The Morgan fingerprint density at radius 2 is 1.85 bits per heavy atom. The highest BCUT2D eigenvalue weighted by Gasteiger charge is 2.19. The minimum atomic E-state index is 0.284. The summed E-state index contributed by atoms with van der Waals surface area (Å²) in [6.45, 7) is 9.13. The first-order valence-corrected chi connectivity index (χ1v) is 13.6. The van der Waals surface area contributed by atoms with Crippen LogP contribution in [-0.2, 0) is 13.2 Å². The van der Waals surface area contributed by atoms with Gasteiger partial charge in [-0.05, 0) is 48.5 Å². The fourth-order valence-electron chi connectivity index (χ4n) is 4.77. The van der Waals surface area contributed by atoms with E-state index >= 15 is 0 Å². The lowest BCUT2D eigenvalue weighted by Crippen LogP contribution is -2.45. The summed E-state index contributed by atoms with van der Waals surface area (Å²) in [5, 5.41) is 4.44. The van der Waals surface area contributed by atoms with E-state index in [9.17, 15) is 0 Å². The van der Waals surface area contributed by atoms with Gasteiger partial charge in [0.2, 0.25) is 5.95 Å². The predicted molar refractivity (Wildman–Crippen MR) is 158 cm³/mol. The third-order valence-corrected chi connectivity index (χ3v) is 7.56. The largest absolute Gasteiger partial charge is 0.489 e. The minimum Gasteiger partial charge on any atom is -0.489 e. The summed E-state index contributed by atoms with van der Waals surface area (Å²) in [5.41, 5.74) is 12.6. The Bertz CT molecular complexity index is 1640. The zero-order valence-corrected chi connectivity index (χ0v) is 22.6. The molecule has 1 aliphatic rings. The van der Waals surface area contributed by atoms with Crippen molar-refractivity contribution in [2.75, 3.05) is 43.9 Å². The summed E-state index contributed by atoms with van der Waals surface area (Å²) in [4.78, 5) is 13.7. The second-order valence-corrected chi connectivity index (χ2v) is 10.3. The van der Waals surface area contributed by atoms with Crippen LogP contribution in [0, 0.1) is 0 Å². The van der Waals surface area contributed by atoms with Crippen molar-refractivity contribution in [3.63, 3.8) is 0 Å². The third-order valence-electron chi connectivity index (χ3n) is 7.01. The van der Waals surface area contributed by atoms with Crippen molar-refractivity contribution in [1.29, 1.82) is 0 Å². The van der Waals surface area contributed by atoms with Gasteiger partial charge in [0.15, 0.2) is 0 Å². The maximum atomic E-state index is 6.10. The molecule has 0 radical (unpaired) electrons. The molecule has 0 bridgehead atoms. The molecule has 0 spiro atoms. The van der Waals surface area contributed by atoms with Crippen molar-refractivity contribution in [3.8, 4) is 5.75 Å². The first-order valence-electron chi connectivity index (χ1n) is 12.9. The molecule has 0 atom stereocenters. The van der Waals surface area contributed by atoms with Gasteiger partial charge in [-0.1, -0.05) is 36.9 Å². The quantitative estimate of drug-likeness (QED) is 0.299. The van der Waals surface area contributed by atoms with E-state index in [2.05, 4.69) is 65.7 Å². The topological polar surface area (TPSA) is 105 Å². The highest BCUT2D eigenvalue weighted by molar-refractivity contribution is 7.00. The van der Waals surface area contributed by atoms with Crippen LogP contribution in [0.5, 0.6) is 5.75 Å². The minimum absolute atomic E-state index is 0.284. The predicted octanol–water partition coefficient (Wildman–Crippen LogP) is 4.31. The van der Waals surface area contributed by atoms with E-state index < -0.39 is 0 Å². The van der Waals surface area contributed by atoms with Crippen molar-refractivity contribution in [2.24, 2.45) is 0 Å². The Kier molecular flexibility index (Phi) is 6.95. The highest BCUT2D eigenvalue weighted by atomic mass is 32.1. The lowest BCUT2D eigenvalue weighted by molar-refractivity contribution is 0.307. The van der Waals surface area contributed by atoms with Crippen molar-refractivity contribution in [3.05, 3.63) is 83.9 Å². The van der Waals surface area contributed by atoms with Crippen LogP contribution in [0.1, 0.15) is 16.7 Å². The molecule has 9 nitrogen and oxygen atoms in total. The number of likely N-dealkylation sites (N-methyl/N-ethyl adjacent to an activating group) is 1. The molecule has 39 heavy (non-hydrogen) atoms. The van der Waals surface area contributed by atoms with Gasteiger partial charge >= 0.3 is 0 Å². The van der Waals surface area contributed by atoms with Crippen molar-refractivity contribution < 1.29 is 4.74 Å². The van der Waals surface area contributed by atoms with Crippen LogP contribution < -0.4 is 20.7 Å². The monoisotopic (exact) mass is 538 g/mol. The van der Waals surface area contributed by atoms with E-state index in [0.717, 1.165) is 82.1 Å². The number of anilines is 2. The Morgan fingerprint density at radius 1 is 1.00 bits per heavy atom. The highest BCUT2D eigenvalue weighted by Crippen LogP contribution is 2.28. The molecular weight excluding hydrogens is 508 g/mol. The molecule has 1 aliphatic heterocycles. The molecular formula is C29H30N8OS. The van der Waals surface area contributed by atoms with Gasteiger partial charge < -0.3 is 25.6 Å². The summed E-state index contributed by atoms with van der Waals surface area (Å²) < 4.78 is 14.8. The van der Waals surface area contributed by atoms with Gasteiger partial charge in [-0.2, -0.15) is 13.7 Å². The van der Waals surface area contributed by atoms with Gasteiger partial charge in [-0.25, -0.2) is 4.98 Å². The van der Waals surface area contributed by atoms with E-state index in [1.165, 1.54) is 11.7 Å². The van der Waals surface area contributed by atoms with Gasteiger partial charge in [0.1, 0.15) is 29.2 Å². The molecule has 3 N–H and O–H groups in total. The number of nitrogens with one attached hydrogen (secondary N) is 1. The molecule has 0 amide bonds. The number of fused-ring (bicyclic) bond motifs is 2. The fraction of sp³-hybridized carbons (Fsp3) is 0.241.